The lowest BCUT2D eigenvalue weighted by Gasteiger charge is -2.06. The van der Waals surface area contributed by atoms with Gasteiger partial charge in [0.2, 0.25) is 0 Å². The molecule has 0 amide bonds. The molecular weight excluding hydrogens is 352 g/mol. The quantitative estimate of drug-likeness (QED) is 0.490. The zero-order valence-electron chi connectivity index (χ0n) is 14.0. The van der Waals surface area contributed by atoms with Gasteiger partial charge in [-0.3, -0.25) is 10.1 Å². The maximum absolute atomic E-state index is 11.2. The maximum atomic E-state index is 11.2. The number of aliphatic carboxylic acids is 1. The van der Waals surface area contributed by atoms with Crippen LogP contribution in [0.5, 0.6) is 0 Å². The van der Waals surface area contributed by atoms with Gasteiger partial charge in [-0.25, -0.2) is 4.98 Å². The Hall–Kier alpha value is -3.06. The van der Waals surface area contributed by atoms with E-state index in [1.54, 1.807) is 25.1 Å². The molecule has 0 saturated carbocycles. The van der Waals surface area contributed by atoms with Gasteiger partial charge in [0.15, 0.2) is 0 Å². The van der Waals surface area contributed by atoms with Gasteiger partial charge in [0.25, 0.3) is 5.69 Å². The van der Waals surface area contributed by atoms with E-state index in [9.17, 15) is 20.0 Å². The molecule has 132 valence electrons. The Morgan fingerprint density at radius 2 is 2.00 bits per heavy atom. The number of rotatable bonds is 6. The summed E-state index contributed by atoms with van der Waals surface area (Å²) in [7, 11) is 0. The van der Waals surface area contributed by atoms with Gasteiger partial charge >= 0.3 is 0 Å². The number of aromatic nitrogens is 1. The molecule has 0 unspecified atom stereocenters. The Bertz CT molecular complexity index is 990. The fourth-order valence-corrected chi connectivity index (χ4v) is 3.61. The van der Waals surface area contributed by atoms with Crippen molar-refractivity contribution in [3.05, 3.63) is 68.7 Å². The summed E-state index contributed by atoms with van der Waals surface area (Å²) in [5.74, 6) is -1.15. The van der Waals surface area contributed by atoms with Crippen molar-refractivity contribution in [2.24, 2.45) is 0 Å². The number of fused-ring (bicyclic) bond motifs is 1. The molecule has 1 heterocycles. The highest BCUT2D eigenvalue weighted by molar-refractivity contribution is 7.19. The number of carbonyl (C=O) groups excluding carboxylic acids is 1. The molecule has 0 saturated heterocycles. The lowest BCUT2D eigenvalue weighted by atomic mass is 10.0. The number of nitrogens with zero attached hydrogens (tertiary/aromatic N) is 2. The lowest BCUT2D eigenvalue weighted by Crippen LogP contribution is -2.21. The standard InChI is InChI=1S/C19H16N2O4S/c1-12-6-7-13(11-16(12)21(24)25)10-14(8-9-18(22)23)19-20-15-4-2-3-5-17(15)26-19/h2-7,10-11H,8-9H2,1H3,(H,22,23)/p-1/b14-10+. The van der Waals surface area contributed by atoms with Gasteiger partial charge in [0.05, 0.1) is 15.1 Å². The number of para-hydroxylation sites is 1. The highest BCUT2D eigenvalue weighted by Crippen LogP contribution is 2.31. The second-order valence-electron chi connectivity index (χ2n) is 5.83. The van der Waals surface area contributed by atoms with Crippen LogP contribution in [0.15, 0.2) is 42.5 Å². The topological polar surface area (TPSA) is 96.2 Å². The number of carboxylic acids is 1. The molecule has 0 aliphatic heterocycles. The highest BCUT2D eigenvalue weighted by Gasteiger charge is 2.13. The van der Waals surface area contributed by atoms with E-state index in [-0.39, 0.29) is 18.5 Å². The van der Waals surface area contributed by atoms with Crippen molar-refractivity contribution in [2.45, 2.75) is 19.8 Å². The van der Waals surface area contributed by atoms with Gasteiger partial charge in [-0.15, -0.1) is 11.3 Å². The van der Waals surface area contributed by atoms with Gasteiger partial charge in [0.1, 0.15) is 5.01 Å². The number of thiazole rings is 1. The number of nitro benzene ring substituents is 1. The van der Waals surface area contributed by atoms with Crippen LogP contribution in [-0.2, 0) is 4.79 Å². The molecule has 3 aromatic rings. The summed E-state index contributed by atoms with van der Waals surface area (Å²) in [5, 5.41) is 22.8. The number of hydrogen-bond acceptors (Lipinski definition) is 6. The van der Waals surface area contributed by atoms with Crippen molar-refractivity contribution < 1.29 is 14.8 Å². The summed E-state index contributed by atoms with van der Waals surface area (Å²) in [6, 6.07) is 12.6. The summed E-state index contributed by atoms with van der Waals surface area (Å²) in [4.78, 5) is 26.2. The minimum atomic E-state index is -1.15. The first-order chi connectivity index (χ1) is 12.4. The van der Waals surface area contributed by atoms with E-state index in [2.05, 4.69) is 4.98 Å². The molecule has 1 aromatic heterocycles. The molecule has 0 aliphatic carbocycles. The first-order valence-electron chi connectivity index (χ1n) is 7.95. The van der Waals surface area contributed by atoms with Crippen LogP contribution in [0.4, 0.5) is 5.69 Å². The first kappa shape index (κ1) is 17.8. The number of nitro groups is 1. The minimum absolute atomic E-state index is 0.0299. The minimum Gasteiger partial charge on any atom is -0.550 e. The number of hydrogen-bond donors (Lipinski definition) is 0. The van der Waals surface area contributed by atoms with Crippen molar-refractivity contribution in [1.82, 2.24) is 4.98 Å². The Kier molecular flexibility index (Phi) is 5.09. The summed E-state index contributed by atoms with van der Waals surface area (Å²) in [6.07, 6.45) is 1.85. The molecule has 0 N–H and O–H groups in total. The number of carboxylic acid groups (broad SMARTS) is 1. The van der Waals surface area contributed by atoms with E-state index in [1.807, 2.05) is 24.3 Å². The fraction of sp³-hybridized carbons (Fsp3) is 0.158. The van der Waals surface area contributed by atoms with Crippen molar-refractivity contribution in [1.29, 1.82) is 0 Å². The lowest BCUT2D eigenvalue weighted by molar-refractivity contribution is -0.385. The molecule has 0 spiro atoms. The molecule has 26 heavy (non-hydrogen) atoms. The van der Waals surface area contributed by atoms with Crippen molar-refractivity contribution in [3.8, 4) is 0 Å². The van der Waals surface area contributed by atoms with Crippen molar-refractivity contribution >= 4 is 44.9 Å². The third-order valence-corrected chi connectivity index (χ3v) is 5.05. The van der Waals surface area contributed by atoms with E-state index in [4.69, 9.17) is 0 Å². The van der Waals surface area contributed by atoms with Crippen LogP contribution in [-0.4, -0.2) is 15.9 Å². The molecule has 3 rings (SSSR count). The fourth-order valence-electron chi connectivity index (χ4n) is 2.60. The Labute approximate surface area is 153 Å². The van der Waals surface area contributed by atoms with Crippen LogP contribution in [0.3, 0.4) is 0 Å². The summed E-state index contributed by atoms with van der Waals surface area (Å²) in [6.45, 7) is 1.68. The smallest absolute Gasteiger partial charge is 0.272 e. The summed E-state index contributed by atoms with van der Waals surface area (Å²) >= 11 is 1.46. The van der Waals surface area contributed by atoms with E-state index >= 15 is 0 Å². The van der Waals surface area contributed by atoms with E-state index < -0.39 is 10.9 Å². The van der Waals surface area contributed by atoms with Crippen LogP contribution in [0.1, 0.15) is 29.0 Å². The molecule has 0 aliphatic rings. The zero-order chi connectivity index (χ0) is 18.7. The monoisotopic (exact) mass is 367 g/mol. The molecule has 0 fully saturated rings. The van der Waals surface area contributed by atoms with Gasteiger partial charge in [-0.1, -0.05) is 24.3 Å². The molecule has 0 radical (unpaired) electrons. The molecule has 0 bridgehead atoms. The Morgan fingerprint density at radius 3 is 2.69 bits per heavy atom. The van der Waals surface area contributed by atoms with Gasteiger partial charge in [0, 0.05) is 17.6 Å². The van der Waals surface area contributed by atoms with Crippen LogP contribution in [0.2, 0.25) is 0 Å². The molecule has 0 atom stereocenters. The van der Waals surface area contributed by atoms with Crippen molar-refractivity contribution in [3.63, 3.8) is 0 Å². The van der Waals surface area contributed by atoms with Gasteiger partial charge < -0.3 is 9.90 Å². The number of benzene rings is 2. The van der Waals surface area contributed by atoms with Crippen LogP contribution in [0.25, 0.3) is 21.9 Å². The van der Waals surface area contributed by atoms with Crippen LogP contribution >= 0.6 is 11.3 Å². The predicted molar refractivity (Wildman–Crippen MR) is 99.6 cm³/mol. The van der Waals surface area contributed by atoms with Crippen LogP contribution in [0, 0.1) is 17.0 Å². The average molecular weight is 367 g/mol. The average Bonchev–Trinajstić information content (AvgIpc) is 3.03. The van der Waals surface area contributed by atoms with E-state index in [0.29, 0.717) is 21.7 Å². The molecule has 6 nitrogen and oxygen atoms in total. The number of aryl methyl sites for hydroxylation is 1. The summed E-state index contributed by atoms with van der Waals surface area (Å²) in [5.41, 5.74) is 2.79. The third kappa shape index (κ3) is 3.94. The maximum Gasteiger partial charge on any atom is 0.272 e. The van der Waals surface area contributed by atoms with E-state index in [1.165, 1.54) is 17.4 Å². The molecule has 7 heteroatoms. The normalized spacial score (nSPS) is 11.7. The predicted octanol–water partition coefficient (Wildman–Crippen LogP) is 3.58. The second kappa shape index (κ2) is 7.45. The zero-order valence-corrected chi connectivity index (χ0v) is 14.8. The number of carbonyl (C=O) groups is 1. The van der Waals surface area contributed by atoms with Crippen LogP contribution < -0.4 is 5.11 Å². The highest BCUT2D eigenvalue weighted by atomic mass is 32.1. The number of allylic oxidation sites excluding steroid dienone is 1. The summed E-state index contributed by atoms with van der Waals surface area (Å²) < 4.78 is 0.997. The second-order valence-corrected chi connectivity index (χ2v) is 6.86. The Morgan fingerprint density at radius 1 is 1.23 bits per heavy atom. The first-order valence-corrected chi connectivity index (χ1v) is 8.77. The third-order valence-electron chi connectivity index (χ3n) is 3.94. The SMILES string of the molecule is Cc1ccc(/C=C(\CCC(=O)[O-])c2nc3ccccc3s2)cc1[N+](=O)[O-]. The van der Waals surface area contributed by atoms with Gasteiger partial charge in [-0.05, 0) is 49.1 Å². The molecule has 2 aromatic carbocycles. The largest absolute Gasteiger partial charge is 0.550 e. The Balaban J connectivity index is 2.05. The molecular formula is C19H15N2O4S-. The van der Waals surface area contributed by atoms with Gasteiger partial charge in [-0.2, -0.15) is 0 Å². The van der Waals surface area contributed by atoms with Crippen molar-refractivity contribution in [2.75, 3.05) is 0 Å². The van der Waals surface area contributed by atoms with E-state index in [0.717, 1.165) is 10.2 Å².